The average molecular weight is 261 g/mol. The van der Waals surface area contributed by atoms with Crippen LogP contribution >= 0.6 is 0 Å². The number of nitrogens with one attached hydrogen (secondary N) is 1. The number of hydrogen-bond acceptors (Lipinski definition) is 2. The van der Waals surface area contributed by atoms with Gasteiger partial charge in [-0.3, -0.25) is 0 Å². The van der Waals surface area contributed by atoms with Crippen molar-refractivity contribution < 1.29 is 4.79 Å². The van der Waals surface area contributed by atoms with Crippen LogP contribution in [0.25, 0.3) is 0 Å². The Kier molecular flexibility index (Phi) is 3.98. The summed E-state index contributed by atoms with van der Waals surface area (Å²) in [7, 11) is 4.07. The molecule has 0 heterocycles. The van der Waals surface area contributed by atoms with E-state index in [-0.39, 0.29) is 5.41 Å². The van der Waals surface area contributed by atoms with E-state index in [1.54, 1.807) is 0 Å². The number of benzene rings is 1. The third-order valence-electron chi connectivity index (χ3n) is 4.16. The molecule has 0 saturated heterocycles. The molecule has 2 amide bonds. The third-order valence-corrected chi connectivity index (χ3v) is 4.16. The Hall–Kier alpha value is -1.71. The van der Waals surface area contributed by atoms with Crippen LogP contribution in [0.15, 0.2) is 24.3 Å². The lowest BCUT2D eigenvalue weighted by Crippen LogP contribution is -2.41. The van der Waals surface area contributed by atoms with Gasteiger partial charge in [-0.2, -0.15) is 0 Å². The number of nitrogens with zero attached hydrogens (tertiary/aromatic N) is 1. The van der Waals surface area contributed by atoms with Gasteiger partial charge in [-0.1, -0.05) is 25.0 Å². The van der Waals surface area contributed by atoms with Gasteiger partial charge in [0.1, 0.15) is 0 Å². The van der Waals surface area contributed by atoms with Crippen molar-refractivity contribution in [1.82, 2.24) is 5.32 Å². The SMILES string of the molecule is CN(C)c1ccc(C2(CNC(N)=O)CCCC2)cc1. The van der Waals surface area contributed by atoms with E-state index in [9.17, 15) is 4.79 Å². The van der Waals surface area contributed by atoms with E-state index >= 15 is 0 Å². The molecule has 4 nitrogen and oxygen atoms in total. The lowest BCUT2D eigenvalue weighted by molar-refractivity contribution is 0.245. The van der Waals surface area contributed by atoms with Crippen LogP contribution < -0.4 is 16.0 Å². The summed E-state index contributed by atoms with van der Waals surface area (Å²) in [5.41, 5.74) is 7.79. The molecule has 104 valence electrons. The lowest BCUT2D eigenvalue weighted by Gasteiger charge is -2.30. The number of hydrogen-bond donors (Lipinski definition) is 2. The number of nitrogens with two attached hydrogens (primary N) is 1. The molecule has 1 aromatic rings. The third kappa shape index (κ3) is 3.00. The molecule has 4 heteroatoms. The smallest absolute Gasteiger partial charge is 0.312 e. The average Bonchev–Trinajstić information content (AvgIpc) is 2.86. The molecule has 0 atom stereocenters. The number of primary amides is 1. The Morgan fingerprint density at radius 2 is 1.84 bits per heavy atom. The predicted molar refractivity (Wildman–Crippen MR) is 78.5 cm³/mol. The van der Waals surface area contributed by atoms with Crippen LogP contribution in [0.5, 0.6) is 0 Å². The zero-order valence-corrected chi connectivity index (χ0v) is 11.8. The minimum atomic E-state index is -0.434. The molecular formula is C15H23N3O. The van der Waals surface area contributed by atoms with Crippen molar-refractivity contribution in [2.75, 3.05) is 25.5 Å². The van der Waals surface area contributed by atoms with E-state index < -0.39 is 6.03 Å². The molecule has 1 aliphatic rings. The molecule has 2 rings (SSSR count). The van der Waals surface area contributed by atoms with Crippen molar-refractivity contribution in [2.24, 2.45) is 5.73 Å². The second-order valence-electron chi connectivity index (χ2n) is 5.65. The number of urea groups is 1. The van der Waals surface area contributed by atoms with Gasteiger partial charge in [0.25, 0.3) is 0 Å². The molecule has 0 aromatic heterocycles. The number of amides is 2. The van der Waals surface area contributed by atoms with Crippen LogP contribution in [0.1, 0.15) is 31.2 Å². The van der Waals surface area contributed by atoms with Crippen molar-refractivity contribution >= 4 is 11.7 Å². The first-order chi connectivity index (χ1) is 9.03. The van der Waals surface area contributed by atoms with Crippen LogP contribution in [-0.2, 0) is 5.41 Å². The maximum absolute atomic E-state index is 11.0. The largest absolute Gasteiger partial charge is 0.378 e. The van der Waals surface area contributed by atoms with Crippen LogP contribution in [0.2, 0.25) is 0 Å². The maximum Gasteiger partial charge on any atom is 0.312 e. The fraction of sp³-hybridized carbons (Fsp3) is 0.533. The molecule has 0 bridgehead atoms. The molecule has 19 heavy (non-hydrogen) atoms. The van der Waals surface area contributed by atoms with Gasteiger partial charge < -0.3 is 16.0 Å². The highest BCUT2D eigenvalue weighted by Gasteiger charge is 2.35. The highest BCUT2D eigenvalue weighted by Crippen LogP contribution is 2.41. The summed E-state index contributed by atoms with van der Waals surface area (Å²) >= 11 is 0. The van der Waals surface area contributed by atoms with E-state index in [4.69, 9.17) is 5.73 Å². The molecule has 0 unspecified atom stereocenters. The molecule has 0 aliphatic heterocycles. The van der Waals surface area contributed by atoms with Gasteiger partial charge in [-0.05, 0) is 30.5 Å². The quantitative estimate of drug-likeness (QED) is 0.873. The maximum atomic E-state index is 11.0. The summed E-state index contributed by atoms with van der Waals surface area (Å²) < 4.78 is 0. The fourth-order valence-electron chi connectivity index (χ4n) is 2.99. The van der Waals surface area contributed by atoms with E-state index in [1.165, 1.54) is 24.1 Å². The van der Waals surface area contributed by atoms with Gasteiger partial charge in [-0.25, -0.2) is 4.79 Å². The predicted octanol–water partition coefficient (Wildman–Crippen LogP) is 2.23. The first kappa shape index (κ1) is 13.7. The van der Waals surface area contributed by atoms with Crippen molar-refractivity contribution in [3.8, 4) is 0 Å². The highest BCUT2D eigenvalue weighted by atomic mass is 16.2. The molecule has 1 fully saturated rings. The minimum Gasteiger partial charge on any atom is -0.378 e. The van der Waals surface area contributed by atoms with Gasteiger partial charge in [0.2, 0.25) is 0 Å². The van der Waals surface area contributed by atoms with Gasteiger partial charge in [-0.15, -0.1) is 0 Å². The topological polar surface area (TPSA) is 58.4 Å². The zero-order chi connectivity index (χ0) is 13.9. The van der Waals surface area contributed by atoms with E-state index in [0.717, 1.165) is 12.8 Å². The number of rotatable bonds is 4. The summed E-state index contributed by atoms with van der Waals surface area (Å²) in [6.07, 6.45) is 4.68. The summed E-state index contributed by atoms with van der Waals surface area (Å²) in [4.78, 5) is 13.1. The van der Waals surface area contributed by atoms with Crippen LogP contribution in [-0.4, -0.2) is 26.7 Å². The molecule has 3 N–H and O–H groups in total. The van der Waals surface area contributed by atoms with Crippen molar-refractivity contribution in [2.45, 2.75) is 31.1 Å². The molecule has 1 saturated carbocycles. The monoisotopic (exact) mass is 261 g/mol. The van der Waals surface area contributed by atoms with Crippen molar-refractivity contribution in [1.29, 1.82) is 0 Å². The zero-order valence-electron chi connectivity index (χ0n) is 11.8. The summed E-state index contributed by atoms with van der Waals surface area (Å²) in [5, 5.41) is 2.79. The summed E-state index contributed by atoms with van der Waals surface area (Å²) in [5.74, 6) is 0. The Labute approximate surface area is 115 Å². The second-order valence-corrected chi connectivity index (χ2v) is 5.65. The minimum absolute atomic E-state index is 0.0693. The van der Waals surface area contributed by atoms with Gasteiger partial charge in [0.05, 0.1) is 0 Å². The van der Waals surface area contributed by atoms with Gasteiger partial charge >= 0.3 is 6.03 Å². The Morgan fingerprint density at radius 1 is 1.26 bits per heavy atom. The number of carbonyl (C=O) groups excluding carboxylic acids is 1. The standard InChI is InChI=1S/C15H23N3O/c1-18(2)13-7-5-12(6-8-13)15(9-3-4-10-15)11-17-14(16)19/h5-8H,3-4,9-11H2,1-2H3,(H3,16,17,19). The van der Waals surface area contributed by atoms with Crippen LogP contribution in [0, 0.1) is 0 Å². The molecule has 1 aromatic carbocycles. The number of anilines is 1. The van der Waals surface area contributed by atoms with E-state index in [0.29, 0.717) is 6.54 Å². The van der Waals surface area contributed by atoms with Gasteiger partial charge in [0, 0.05) is 31.7 Å². The molecule has 0 radical (unpaired) electrons. The van der Waals surface area contributed by atoms with E-state index in [1.807, 2.05) is 14.1 Å². The molecular weight excluding hydrogens is 238 g/mol. The van der Waals surface area contributed by atoms with E-state index in [2.05, 4.69) is 34.5 Å². The number of carbonyl (C=O) groups is 1. The summed E-state index contributed by atoms with van der Waals surface area (Å²) in [6, 6.07) is 8.21. The fourth-order valence-corrected chi connectivity index (χ4v) is 2.99. The summed E-state index contributed by atoms with van der Waals surface area (Å²) in [6.45, 7) is 0.643. The van der Waals surface area contributed by atoms with Crippen LogP contribution in [0.3, 0.4) is 0 Å². The Morgan fingerprint density at radius 3 is 2.32 bits per heavy atom. The Bertz CT molecular complexity index is 433. The molecule has 1 aliphatic carbocycles. The molecule has 0 spiro atoms. The Balaban J connectivity index is 2.21. The van der Waals surface area contributed by atoms with Crippen molar-refractivity contribution in [3.63, 3.8) is 0 Å². The first-order valence-electron chi connectivity index (χ1n) is 6.85. The lowest BCUT2D eigenvalue weighted by atomic mass is 9.78. The second kappa shape index (κ2) is 5.51. The first-order valence-corrected chi connectivity index (χ1v) is 6.85. The van der Waals surface area contributed by atoms with Crippen LogP contribution in [0.4, 0.5) is 10.5 Å². The van der Waals surface area contributed by atoms with Crippen molar-refractivity contribution in [3.05, 3.63) is 29.8 Å². The normalized spacial score (nSPS) is 17.2. The highest BCUT2D eigenvalue weighted by molar-refractivity contribution is 5.71. The van der Waals surface area contributed by atoms with Gasteiger partial charge in [0.15, 0.2) is 0 Å².